The number of nitro benzene ring substituents is 2. The molecule has 34 heavy (non-hydrogen) atoms. The average Bonchev–Trinajstić information content (AvgIpc) is 3.16. The van der Waals surface area contributed by atoms with Crippen LogP contribution in [0.15, 0.2) is 34.0 Å². The quantitative estimate of drug-likeness (QED) is 0.257. The second-order valence-corrected chi connectivity index (χ2v) is 7.89. The van der Waals surface area contributed by atoms with Crippen molar-refractivity contribution in [3.05, 3.63) is 76.6 Å². The lowest BCUT2D eigenvalue weighted by atomic mass is 10.1. The van der Waals surface area contributed by atoms with Crippen LogP contribution in [0.25, 0.3) is 0 Å². The number of ether oxygens (including phenoxy) is 2. The number of H-pyrrole nitrogens is 1. The number of nitro groups is 2. The van der Waals surface area contributed by atoms with Crippen molar-refractivity contribution >= 4 is 28.6 Å². The van der Waals surface area contributed by atoms with E-state index in [-0.39, 0.29) is 30.6 Å². The third kappa shape index (κ3) is 5.17. The smallest absolute Gasteiger partial charge is 0.330 e. The highest BCUT2D eigenvalue weighted by Gasteiger charge is 2.42. The molecule has 4 atom stereocenters. The number of thiocarbonyl (C=S) groups is 1. The number of rotatable bonds is 8. The van der Waals surface area contributed by atoms with Crippen molar-refractivity contribution in [3.8, 4) is 0 Å². The minimum atomic E-state index is -1.62. The Morgan fingerprint density at radius 2 is 1.94 bits per heavy atom. The van der Waals surface area contributed by atoms with Gasteiger partial charge in [-0.3, -0.25) is 34.6 Å². The van der Waals surface area contributed by atoms with E-state index in [1.807, 2.05) is 0 Å². The van der Waals surface area contributed by atoms with Crippen molar-refractivity contribution in [2.75, 3.05) is 6.61 Å². The summed E-state index contributed by atoms with van der Waals surface area (Å²) in [5.41, 5.74) is -2.16. The van der Waals surface area contributed by atoms with Crippen molar-refractivity contribution in [2.45, 2.75) is 44.3 Å². The second-order valence-electron chi connectivity index (χ2n) is 7.49. The van der Waals surface area contributed by atoms with E-state index in [2.05, 4.69) is 4.98 Å². The summed E-state index contributed by atoms with van der Waals surface area (Å²) in [4.78, 5) is 46.6. The van der Waals surface area contributed by atoms with Gasteiger partial charge in [0, 0.05) is 36.7 Å². The van der Waals surface area contributed by atoms with Gasteiger partial charge in [0.25, 0.3) is 16.9 Å². The topological polar surface area (TPSA) is 200 Å². The van der Waals surface area contributed by atoms with Gasteiger partial charge in [-0.05, 0) is 25.2 Å². The number of aliphatic hydroxyl groups excluding tert-OH is 2. The van der Waals surface area contributed by atoms with Gasteiger partial charge in [-0.1, -0.05) is 0 Å². The van der Waals surface area contributed by atoms with Crippen molar-refractivity contribution in [1.82, 2.24) is 9.55 Å². The van der Waals surface area contributed by atoms with Crippen LogP contribution in [0.1, 0.15) is 23.8 Å². The molecule has 3 N–H and O–H groups in total. The zero-order chi connectivity index (χ0) is 25.2. The van der Waals surface area contributed by atoms with Gasteiger partial charge in [-0.25, -0.2) is 4.79 Å². The monoisotopic (exact) mass is 496 g/mol. The summed E-state index contributed by atoms with van der Waals surface area (Å²) in [5, 5.41) is 42.8. The summed E-state index contributed by atoms with van der Waals surface area (Å²) >= 11 is 5.02. The molecule has 14 nitrogen and oxygen atoms in total. The van der Waals surface area contributed by atoms with Gasteiger partial charge < -0.3 is 19.7 Å². The van der Waals surface area contributed by atoms with Crippen LogP contribution in [0.5, 0.6) is 0 Å². The van der Waals surface area contributed by atoms with Crippen molar-refractivity contribution in [3.63, 3.8) is 0 Å². The van der Waals surface area contributed by atoms with Gasteiger partial charge in [-0.2, -0.15) is 0 Å². The highest BCUT2D eigenvalue weighted by atomic mass is 32.1. The van der Waals surface area contributed by atoms with E-state index in [9.17, 15) is 40.0 Å². The number of hydrogen-bond donors (Lipinski definition) is 3. The van der Waals surface area contributed by atoms with Crippen LogP contribution in [-0.2, 0) is 15.9 Å². The summed E-state index contributed by atoms with van der Waals surface area (Å²) in [6, 6.07) is 3.44. The molecule has 0 aliphatic carbocycles. The Kier molecular flexibility index (Phi) is 7.51. The van der Waals surface area contributed by atoms with Crippen molar-refractivity contribution in [1.29, 1.82) is 0 Å². The van der Waals surface area contributed by atoms with Crippen molar-refractivity contribution < 1.29 is 29.5 Å². The molecule has 1 aliphatic rings. The summed E-state index contributed by atoms with van der Waals surface area (Å²) in [6.45, 7) is 1.16. The third-order valence-electron chi connectivity index (χ3n) is 5.26. The van der Waals surface area contributed by atoms with Gasteiger partial charge in [0.05, 0.1) is 22.6 Å². The zero-order valence-corrected chi connectivity index (χ0v) is 18.5. The molecule has 3 rings (SSSR count). The van der Waals surface area contributed by atoms with Gasteiger partial charge in [-0.15, -0.1) is 0 Å². The molecule has 1 aliphatic heterocycles. The number of benzene rings is 1. The number of nitrogens with zero attached hydrogens (tertiary/aromatic N) is 3. The second kappa shape index (κ2) is 10.2. The van der Waals surface area contributed by atoms with Crippen LogP contribution < -0.4 is 11.2 Å². The van der Waals surface area contributed by atoms with Crippen molar-refractivity contribution in [2.24, 2.45) is 0 Å². The Bertz CT molecular complexity index is 1210. The van der Waals surface area contributed by atoms with Crippen LogP contribution in [-0.4, -0.2) is 59.6 Å². The lowest BCUT2D eigenvalue weighted by Crippen LogP contribution is -2.40. The van der Waals surface area contributed by atoms with E-state index in [4.69, 9.17) is 21.7 Å². The standard InChI is InChI=1S/C19H20N4O10S/c1-9-8-21(19(27)20-17(9)26)14-7-13(24)16(33-14)15(25)18(34)32-6-5-10-11(22(28)29)3-2-4-12(10)23(30)31/h2-4,8,13-16,24-25H,5-7H2,1H3,(H,20,26,27)/t13-,14+,15?,16-/m0/s1. The van der Waals surface area contributed by atoms with Gasteiger partial charge in [0.2, 0.25) is 0 Å². The molecule has 0 saturated carbocycles. The highest BCUT2D eigenvalue weighted by molar-refractivity contribution is 7.80. The first-order chi connectivity index (χ1) is 16.0. The molecule has 15 heteroatoms. The molecular weight excluding hydrogens is 476 g/mol. The molecule has 2 heterocycles. The normalized spacial score (nSPS) is 20.6. The molecule has 0 radical (unpaired) electrons. The number of nitrogens with one attached hydrogen (secondary N) is 1. The fraction of sp³-hybridized carbons (Fsp3) is 0.421. The maximum Gasteiger partial charge on any atom is 0.330 e. The first kappa shape index (κ1) is 25.1. The number of hydrogen-bond acceptors (Lipinski definition) is 11. The maximum atomic E-state index is 12.1. The first-order valence-corrected chi connectivity index (χ1v) is 10.3. The molecule has 182 valence electrons. The predicted octanol–water partition coefficient (Wildman–Crippen LogP) is 0.257. The third-order valence-corrected chi connectivity index (χ3v) is 5.62. The molecule has 1 saturated heterocycles. The van der Waals surface area contributed by atoms with E-state index in [0.717, 1.165) is 16.7 Å². The Morgan fingerprint density at radius 3 is 2.53 bits per heavy atom. The van der Waals surface area contributed by atoms with E-state index in [1.165, 1.54) is 19.2 Å². The fourth-order valence-electron chi connectivity index (χ4n) is 3.57. The predicted molar refractivity (Wildman–Crippen MR) is 119 cm³/mol. The molecule has 1 fully saturated rings. The van der Waals surface area contributed by atoms with E-state index < -0.39 is 62.1 Å². The Hall–Kier alpha value is -3.53. The average molecular weight is 496 g/mol. The molecule has 0 bridgehead atoms. The minimum Gasteiger partial charge on any atom is -0.484 e. The highest BCUT2D eigenvalue weighted by Crippen LogP contribution is 2.31. The molecular formula is C19H20N4O10S. The van der Waals surface area contributed by atoms with Gasteiger partial charge >= 0.3 is 5.69 Å². The zero-order valence-electron chi connectivity index (χ0n) is 17.7. The lowest BCUT2D eigenvalue weighted by Gasteiger charge is -2.22. The molecule has 2 aromatic rings. The Balaban J connectivity index is 1.67. The summed E-state index contributed by atoms with van der Waals surface area (Å²) in [5.74, 6) is 0. The van der Waals surface area contributed by atoms with Crippen LogP contribution in [0.4, 0.5) is 11.4 Å². The fourth-order valence-corrected chi connectivity index (χ4v) is 3.78. The molecule has 0 amide bonds. The number of aromatic nitrogens is 2. The van der Waals surface area contributed by atoms with Crippen LogP contribution in [0, 0.1) is 27.2 Å². The van der Waals surface area contributed by atoms with Gasteiger partial charge in [0.15, 0.2) is 11.2 Å². The molecule has 1 aromatic carbocycles. The minimum absolute atomic E-state index is 0.0852. The van der Waals surface area contributed by atoms with E-state index >= 15 is 0 Å². The summed E-state index contributed by atoms with van der Waals surface area (Å²) in [7, 11) is 0. The van der Waals surface area contributed by atoms with Crippen LogP contribution >= 0.6 is 12.2 Å². The SMILES string of the molecule is Cc1cn([C@H]2C[C@H](O)[C@@H](C(O)C(=S)OCCc3c([N+](=O)[O-])cccc3[N+](=O)[O-])O2)c(=O)[nH]c1=O. The summed E-state index contributed by atoms with van der Waals surface area (Å²) in [6.07, 6.45) is -4.18. The summed E-state index contributed by atoms with van der Waals surface area (Å²) < 4.78 is 11.9. The maximum absolute atomic E-state index is 12.1. The van der Waals surface area contributed by atoms with Gasteiger partial charge in [0.1, 0.15) is 17.9 Å². The Morgan fingerprint density at radius 1 is 1.32 bits per heavy atom. The van der Waals surface area contributed by atoms with E-state index in [1.54, 1.807) is 0 Å². The molecule has 0 spiro atoms. The van der Waals surface area contributed by atoms with Crippen LogP contribution in [0.2, 0.25) is 0 Å². The van der Waals surface area contributed by atoms with Crippen LogP contribution in [0.3, 0.4) is 0 Å². The largest absolute Gasteiger partial charge is 0.484 e. The molecule has 1 unspecified atom stereocenters. The van der Waals surface area contributed by atoms with E-state index in [0.29, 0.717) is 0 Å². The number of aromatic amines is 1. The lowest BCUT2D eigenvalue weighted by molar-refractivity contribution is -0.395. The molecule has 1 aromatic heterocycles. The number of aryl methyl sites for hydroxylation is 1. The number of aliphatic hydroxyl groups is 2. The first-order valence-electron chi connectivity index (χ1n) is 9.92. The Labute approximate surface area is 195 Å².